The third kappa shape index (κ3) is 31.3. The molecular weight excluding hydrogens is 630 g/mol. The maximum atomic E-state index is 12.6. The molecule has 0 amide bonds. The molecule has 0 saturated heterocycles. The number of unbranched alkanes of at least 4 members (excludes halogenated alkanes) is 12. The van der Waals surface area contributed by atoms with Gasteiger partial charge < -0.3 is 28.6 Å². The predicted octanol–water partition coefficient (Wildman–Crippen LogP) is 8.74. The van der Waals surface area contributed by atoms with Crippen LogP contribution in [0.5, 0.6) is 0 Å². The number of ether oxygens (including phenoxy) is 3. The summed E-state index contributed by atoms with van der Waals surface area (Å²) in [5.41, 5.74) is 0. The maximum absolute atomic E-state index is 12.6. The second-order valence-corrected chi connectivity index (χ2v) is 14.1. The lowest BCUT2D eigenvalue weighted by atomic mass is 10.1. The van der Waals surface area contributed by atoms with Gasteiger partial charge in [0.2, 0.25) is 0 Å². The van der Waals surface area contributed by atoms with Crippen LogP contribution in [0.4, 0.5) is 0 Å². The van der Waals surface area contributed by atoms with Crippen molar-refractivity contribution in [3.05, 3.63) is 48.6 Å². The summed E-state index contributed by atoms with van der Waals surface area (Å²) >= 11 is 0. The molecule has 0 aliphatic heterocycles. The fourth-order valence-corrected chi connectivity index (χ4v) is 5.41. The van der Waals surface area contributed by atoms with E-state index in [2.05, 4.69) is 62.5 Å². The summed E-state index contributed by atoms with van der Waals surface area (Å²) in [6.45, 7) is 4.48. The average molecular weight is 704 g/mol. The van der Waals surface area contributed by atoms with E-state index in [1.807, 2.05) is 0 Å². The SMILES string of the molecule is CC/C=C\C/C=C\C/C=C\C/C=C\CCCCC(=O)OC(COCCC(C(=O)[O-])[N+](C)(C)C)COC(=O)CCCCCCCCCCCCC. The fraction of sp³-hybridized carbons (Fsp3) is 0.738. The van der Waals surface area contributed by atoms with Crippen LogP contribution in [0, 0.1) is 0 Å². The number of carboxylic acids is 1. The van der Waals surface area contributed by atoms with Crippen molar-refractivity contribution in [1.29, 1.82) is 0 Å². The molecule has 0 aromatic rings. The number of carbonyl (C=O) groups excluding carboxylic acids is 3. The van der Waals surface area contributed by atoms with E-state index in [9.17, 15) is 19.5 Å². The number of carbonyl (C=O) groups is 3. The molecule has 8 nitrogen and oxygen atoms in total. The topological polar surface area (TPSA) is 102 Å². The molecular formula is C42H73NO7. The second-order valence-electron chi connectivity index (χ2n) is 14.1. The average Bonchev–Trinajstić information content (AvgIpc) is 3.06. The predicted molar refractivity (Wildman–Crippen MR) is 203 cm³/mol. The number of likely N-dealkylation sites (N-methyl/N-ethyl adjacent to an activating group) is 1. The summed E-state index contributed by atoms with van der Waals surface area (Å²) in [5.74, 6) is -1.79. The molecule has 2 atom stereocenters. The van der Waals surface area contributed by atoms with Crippen LogP contribution >= 0.6 is 0 Å². The lowest BCUT2D eigenvalue weighted by Gasteiger charge is -2.34. The Morgan fingerprint density at radius 2 is 1.12 bits per heavy atom. The first kappa shape index (κ1) is 47.3. The Kier molecular flexibility index (Phi) is 31.6. The molecule has 0 heterocycles. The van der Waals surface area contributed by atoms with E-state index in [0.717, 1.165) is 57.8 Å². The minimum absolute atomic E-state index is 0.0241. The largest absolute Gasteiger partial charge is 0.544 e. The van der Waals surface area contributed by atoms with Crippen LogP contribution in [-0.2, 0) is 28.6 Å². The smallest absolute Gasteiger partial charge is 0.306 e. The molecule has 0 fully saturated rings. The minimum Gasteiger partial charge on any atom is -0.544 e. The lowest BCUT2D eigenvalue weighted by Crippen LogP contribution is -2.55. The molecule has 0 spiro atoms. The van der Waals surface area contributed by atoms with Gasteiger partial charge in [0.15, 0.2) is 6.10 Å². The Balaban J connectivity index is 4.50. The summed E-state index contributed by atoms with van der Waals surface area (Å²) in [6, 6.07) is -0.732. The first-order chi connectivity index (χ1) is 24.1. The summed E-state index contributed by atoms with van der Waals surface area (Å²) in [5, 5.41) is 11.6. The third-order valence-electron chi connectivity index (χ3n) is 8.48. The zero-order valence-corrected chi connectivity index (χ0v) is 32.5. The van der Waals surface area contributed by atoms with Crippen LogP contribution in [-0.4, -0.2) is 75.5 Å². The van der Waals surface area contributed by atoms with Crippen LogP contribution in [0.2, 0.25) is 0 Å². The van der Waals surface area contributed by atoms with Crippen LogP contribution in [0.15, 0.2) is 48.6 Å². The van der Waals surface area contributed by atoms with Gasteiger partial charge in [-0.2, -0.15) is 0 Å². The minimum atomic E-state index is -1.13. The van der Waals surface area contributed by atoms with Crippen molar-refractivity contribution in [2.75, 3.05) is 41.0 Å². The summed E-state index contributed by atoms with van der Waals surface area (Å²) < 4.78 is 17.0. The number of quaternary nitrogens is 1. The molecule has 0 saturated carbocycles. The van der Waals surface area contributed by atoms with Crippen molar-refractivity contribution >= 4 is 17.9 Å². The molecule has 0 rings (SSSR count). The van der Waals surface area contributed by atoms with E-state index >= 15 is 0 Å². The van der Waals surface area contributed by atoms with Gasteiger partial charge >= 0.3 is 11.9 Å². The molecule has 0 bridgehead atoms. The Labute approximate surface area is 306 Å². The molecule has 0 radical (unpaired) electrons. The van der Waals surface area contributed by atoms with Gasteiger partial charge in [-0.05, 0) is 51.4 Å². The lowest BCUT2D eigenvalue weighted by molar-refractivity contribution is -0.889. The van der Waals surface area contributed by atoms with Crippen molar-refractivity contribution in [3.63, 3.8) is 0 Å². The zero-order valence-electron chi connectivity index (χ0n) is 32.5. The van der Waals surface area contributed by atoms with Gasteiger partial charge in [-0.3, -0.25) is 9.59 Å². The summed E-state index contributed by atoms with van der Waals surface area (Å²) in [4.78, 5) is 36.6. The van der Waals surface area contributed by atoms with Gasteiger partial charge in [0.05, 0.1) is 40.3 Å². The summed E-state index contributed by atoms with van der Waals surface area (Å²) in [6.07, 6.45) is 37.1. The summed E-state index contributed by atoms with van der Waals surface area (Å²) in [7, 11) is 5.38. The van der Waals surface area contributed by atoms with Crippen LogP contribution in [0.1, 0.15) is 149 Å². The molecule has 0 aromatic heterocycles. The normalized spacial score (nSPS) is 13.5. The van der Waals surface area contributed by atoms with Crippen LogP contribution in [0.3, 0.4) is 0 Å². The van der Waals surface area contributed by atoms with E-state index < -0.39 is 18.1 Å². The molecule has 0 aliphatic rings. The number of nitrogens with zero attached hydrogens (tertiary/aromatic N) is 1. The number of esters is 2. The first-order valence-electron chi connectivity index (χ1n) is 19.7. The molecule has 8 heteroatoms. The third-order valence-corrected chi connectivity index (χ3v) is 8.48. The second kappa shape index (κ2) is 33.4. The molecule has 50 heavy (non-hydrogen) atoms. The van der Waals surface area contributed by atoms with Crippen molar-refractivity contribution in [1.82, 2.24) is 0 Å². The van der Waals surface area contributed by atoms with Gasteiger partial charge in [0.25, 0.3) is 0 Å². The Morgan fingerprint density at radius 3 is 1.66 bits per heavy atom. The van der Waals surface area contributed by atoms with E-state index in [1.165, 1.54) is 51.4 Å². The highest BCUT2D eigenvalue weighted by atomic mass is 16.6. The number of hydrogen-bond acceptors (Lipinski definition) is 7. The van der Waals surface area contributed by atoms with Crippen molar-refractivity contribution in [2.45, 2.75) is 161 Å². The quantitative estimate of drug-likeness (QED) is 0.0286. The molecule has 0 aromatic carbocycles. The molecule has 288 valence electrons. The Bertz CT molecular complexity index is 964. The number of carboxylic acid groups (broad SMARTS) is 1. The Morgan fingerprint density at radius 1 is 0.620 bits per heavy atom. The number of hydrogen-bond donors (Lipinski definition) is 0. The molecule has 0 N–H and O–H groups in total. The van der Waals surface area contributed by atoms with Crippen molar-refractivity contribution < 1.29 is 38.2 Å². The number of allylic oxidation sites excluding steroid dienone is 8. The molecule has 0 aliphatic carbocycles. The zero-order chi connectivity index (χ0) is 37.1. The number of rotatable bonds is 34. The van der Waals surface area contributed by atoms with E-state index in [0.29, 0.717) is 12.8 Å². The van der Waals surface area contributed by atoms with E-state index in [-0.39, 0.29) is 49.1 Å². The first-order valence-corrected chi connectivity index (χ1v) is 19.7. The highest BCUT2D eigenvalue weighted by Crippen LogP contribution is 2.13. The monoisotopic (exact) mass is 704 g/mol. The van der Waals surface area contributed by atoms with Gasteiger partial charge in [-0.15, -0.1) is 0 Å². The van der Waals surface area contributed by atoms with E-state index in [4.69, 9.17) is 14.2 Å². The maximum Gasteiger partial charge on any atom is 0.306 e. The van der Waals surface area contributed by atoms with E-state index in [1.54, 1.807) is 21.1 Å². The van der Waals surface area contributed by atoms with Gasteiger partial charge in [0, 0.05) is 19.3 Å². The van der Waals surface area contributed by atoms with Gasteiger partial charge in [-0.25, -0.2) is 0 Å². The van der Waals surface area contributed by atoms with Crippen molar-refractivity contribution in [2.24, 2.45) is 0 Å². The molecule has 2 unspecified atom stereocenters. The fourth-order valence-electron chi connectivity index (χ4n) is 5.41. The number of aliphatic carboxylic acids is 1. The highest BCUT2D eigenvalue weighted by Gasteiger charge is 2.25. The Hall–Kier alpha value is -2.71. The van der Waals surface area contributed by atoms with Gasteiger partial charge in [-0.1, -0.05) is 127 Å². The standard InChI is InChI=1S/C42H73NO7/c1-6-8-10-12-14-16-18-19-20-21-23-25-27-29-31-33-41(45)50-38(36-48-35-34-39(42(46)47)43(3,4)5)37-49-40(44)32-30-28-26-24-22-17-15-13-11-9-7-2/h8,10,14,16,19-20,23,25,38-39H,6-7,9,11-13,15,17-18,21-22,24,26-37H2,1-5H3/b10-8-,16-14-,20-19-,25-23-. The van der Waals surface area contributed by atoms with Crippen molar-refractivity contribution in [3.8, 4) is 0 Å². The highest BCUT2D eigenvalue weighted by molar-refractivity contribution is 5.70. The van der Waals surface area contributed by atoms with Crippen LogP contribution in [0.25, 0.3) is 0 Å². The van der Waals surface area contributed by atoms with Crippen LogP contribution < -0.4 is 5.11 Å². The van der Waals surface area contributed by atoms with Gasteiger partial charge in [0.1, 0.15) is 12.6 Å².